The van der Waals surface area contributed by atoms with Gasteiger partial charge in [-0.3, -0.25) is 4.18 Å². The van der Waals surface area contributed by atoms with E-state index in [-0.39, 0.29) is 29.6 Å². The summed E-state index contributed by atoms with van der Waals surface area (Å²) in [5.74, 6) is 0. The van der Waals surface area contributed by atoms with Crippen LogP contribution in [0.15, 0.2) is 0 Å². The van der Waals surface area contributed by atoms with Crippen molar-refractivity contribution >= 4 is 10.4 Å². The van der Waals surface area contributed by atoms with Gasteiger partial charge in [-0.1, -0.05) is 84.0 Å². The largest absolute Gasteiger partial charge is 1.00 e. The zero-order valence-corrected chi connectivity index (χ0v) is 17.6. The van der Waals surface area contributed by atoms with Crippen molar-refractivity contribution in [2.24, 2.45) is 0 Å². The predicted molar refractivity (Wildman–Crippen MR) is 85.9 cm³/mol. The molecular weight excluding hydrogens is 311 g/mol. The van der Waals surface area contributed by atoms with Gasteiger partial charge < -0.3 is 4.55 Å². The van der Waals surface area contributed by atoms with Crippen LogP contribution in [-0.4, -0.2) is 19.1 Å². The van der Waals surface area contributed by atoms with Gasteiger partial charge in [0.25, 0.3) is 0 Å². The molecule has 0 heterocycles. The molecular formula is C16H33NaO4S. The number of rotatable bonds is 15. The maximum Gasteiger partial charge on any atom is 1.00 e. The van der Waals surface area contributed by atoms with Crippen LogP contribution >= 0.6 is 0 Å². The van der Waals surface area contributed by atoms with Crippen molar-refractivity contribution in [2.45, 2.75) is 103 Å². The Labute approximate surface area is 160 Å². The smallest absolute Gasteiger partial charge is 0.726 e. The van der Waals surface area contributed by atoms with E-state index in [1.54, 1.807) is 6.92 Å². The molecule has 128 valence electrons. The Hall–Kier alpha value is 0.870. The fraction of sp³-hybridized carbons (Fsp3) is 1.00. The molecule has 0 radical (unpaired) electrons. The Morgan fingerprint density at radius 2 is 1.18 bits per heavy atom. The van der Waals surface area contributed by atoms with Crippen molar-refractivity contribution < 1.29 is 46.7 Å². The van der Waals surface area contributed by atoms with E-state index in [4.69, 9.17) is 0 Å². The second kappa shape index (κ2) is 16.7. The first-order valence-corrected chi connectivity index (χ1v) is 9.93. The van der Waals surface area contributed by atoms with Gasteiger partial charge in [0.2, 0.25) is 10.4 Å². The van der Waals surface area contributed by atoms with E-state index >= 15 is 0 Å². The van der Waals surface area contributed by atoms with Crippen molar-refractivity contribution in [3.63, 3.8) is 0 Å². The maximum absolute atomic E-state index is 10.4. The second-order valence-electron chi connectivity index (χ2n) is 5.99. The van der Waals surface area contributed by atoms with Gasteiger partial charge in [-0.2, -0.15) is 0 Å². The summed E-state index contributed by atoms with van der Waals surface area (Å²) in [6, 6.07) is 0. The molecule has 0 N–H and O–H groups in total. The van der Waals surface area contributed by atoms with Crippen molar-refractivity contribution in [2.75, 3.05) is 0 Å². The molecule has 0 spiro atoms. The molecule has 0 saturated heterocycles. The van der Waals surface area contributed by atoms with E-state index in [9.17, 15) is 13.0 Å². The van der Waals surface area contributed by atoms with Gasteiger partial charge in [0.1, 0.15) is 0 Å². The summed E-state index contributed by atoms with van der Waals surface area (Å²) >= 11 is 0. The molecule has 0 aromatic heterocycles. The Balaban J connectivity index is 0. The fourth-order valence-electron chi connectivity index (χ4n) is 2.52. The van der Waals surface area contributed by atoms with E-state index in [1.807, 2.05) is 0 Å². The van der Waals surface area contributed by atoms with Gasteiger partial charge in [0, 0.05) is 0 Å². The summed E-state index contributed by atoms with van der Waals surface area (Å²) in [5.41, 5.74) is 0. The van der Waals surface area contributed by atoms with Crippen molar-refractivity contribution in [3.05, 3.63) is 0 Å². The van der Waals surface area contributed by atoms with E-state index in [0.29, 0.717) is 6.42 Å². The van der Waals surface area contributed by atoms with Gasteiger partial charge in [0.05, 0.1) is 6.10 Å². The molecule has 6 heteroatoms. The van der Waals surface area contributed by atoms with Crippen molar-refractivity contribution in [1.29, 1.82) is 0 Å². The minimum Gasteiger partial charge on any atom is -0.726 e. The van der Waals surface area contributed by atoms with Gasteiger partial charge in [-0.15, -0.1) is 0 Å². The maximum atomic E-state index is 10.4. The van der Waals surface area contributed by atoms with Crippen molar-refractivity contribution in [3.8, 4) is 0 Å². The van der Waals surface area contributed by atoms with Crippen LogP contribution in [0.3, 0.4) is 0 Å². The molecule has 0 aromatic rings. The zero-order chi connectivity index (χ0) is 16.0. The number of unbranched alkanes of at least 4 members (excludes halogenated alkanes) is 11. The summed E-state index contributed by atoms with van der Waals surface area (Å²) in [6.45, 7) is 3.88. The summed E-state index contributed by atoms with van der Waals surface area (Å²) < 4.78 is 35.5. The molecule has 0 aliphatic carbocycles. The third kappa shape index (κ3) is 20.9. The van der Waals surface area contributed by atoms with Gasteiger partial charge in [0.15, 0.2) is 0 Å². The van der Waals surface area contributed by atoms with E-state index < -0.39 is 16.5 Å². The molecule has 1 unspecified atom stereocenters. The second-order valence-corrected chi connectivity index (χ2v) is 7.00. The average Bonchev–Trinajstić information content (AvgIpc) is 2.38. The Kier molecular flexibility index (Phi) is 19.1. The van der Waals surface area contributed by atoms with Crippen LogP contribution in [0.25, 0.3) is 0 Å². The van der Waals surface area contributed by atoms with Crippen LogP contribution in [0.2, 0.25) is 0 Å². The third-order valence-electron chi connectivity index (χ3n) is 3.75. The quantitative estimate of drug-likeness (QED) is 0.197. The van der Waals surface area contributed by atoms with Crippen LogP contribution in [0, 0.1) is 0 Å². The van der Waals surface area contributed by atoms with E-state index in [2.05, 4.69) is 11.1 Å². The molecule has 0 bridgehead atoms. The molecule has 0 saturated carbocycles. The molecule has 22 heavy (non-hydrogen) atoms. The SMILES string of the molecule is CCCCCCCCCCCCCCC(C)OS(=O)(=O)[O-].[Na+]. The number of hydrogen-bond donors (Lipinski definition) is 0. The number of hydrogen-bond acceptors (Lipinski definition) is 4. The summed E-state index contributed by atoms with van der Waals surface area (Å²) in [7, 11) is -4.54. The molecule has 0 aliphatic heterocycles. The van der Waals surface area contributed by atoms with Crippen LogP contribution in [0.5, 0.6) is 0 Å². The Morgan fingerprint density at radius 1 is 0.818 bits per heavy atom. The summed E-state index contributed by atoms with van der Waals surface area (Å²) in [6.07, 6.45) is 15.4. The fourth-order valence-corrected chi connectivity index (χ4v) is 3.02. The summed E-state index contributed by atoms with van der Waals surface area (Å²) in [4.78, 5) is 0. The van der Waals surface area contributed by atoms with Crippen LogP contribution in [0.1, 0.15) is 97.3 Å². The molecule has 1 atom stereocenters. The van der Waals surface area contributed by atoms with E-state index in [1.165, 1.54) is 64.2 Å². The third-order valence-corrected chi connectivity index (χ3v) is 4.31. The van der Waals surface area contributed by atoms with Crippen molar-refractivity contribution in [1.82, 2.24) is 0 Å². The minimum atomic E-state index is -4.54. The first-order chi connectivity index (χ1) is 9.95. The molecule has 0 amide bonds. The van der Waals surface area contributed by atoms with Crippen LogP contribution in [0.4, 0.5) is 0 Å². The molecule has 0 aliphatic rings. The van der Waals surface area contributed by atoms with Crippen LogP contribution < -0.4 is 29.6 Å². The predicted octanol–water partition coefficient (Wildman–Crippen LogP) is 1.95. The zero-order valence-electron chi connectivity index (χ0n) is 14.8. The Morgan fingerprint density at radius 3 is 1.55 bits per heavy atom. The molecule has 4 nitrogen and oxygen atoms in total. The first kappa shape index (κ1) is 25.1. The van der Waals surface area contributed by atoms with E-state index in [0.717, 1.165) is 12.8 Å². The first-order valence-electron chi connectivity index (χ1n) is 8.60. The molecule has 0 aromatic carbocycles. The average molecular weight is 344 g/mol. The van der Waals surface area contributed by atoms with Crippen LogP contribution in [-0.2, 0) is 14.6 Å². The molecule has 0 rings (SSSR count). The monoisotopic (exact) mass is 344 g/mol. The summed E-state index contributed by atoms with van der Waals surface area (Å²) in [5, 5.41) is 0. The normalized spacial score (nSPS) is 12.9. The topological polar surface area (TPSA) is 66.4 Å². The van der Waals surface area contributed by atoms with Gasteiger partial charge in [-0.25, -0.2) is 8.42 Å². The molecule has 0 fully saturated rings. The Bertz CT molecular complexity index is 320. The van der Waals surface area contributed by atoms with Gasteiger partial charge in [-0.05, 0) is 13.3 Å². The standard InChI is InChI=1S/C16H34O4S.Na/c1-3-4-5-6-7-8-9-10-11-12-13-14-15-16(2)20-21(17,18)19;/h16H,3-15H2,1-2H3,(H,17,18,19);/q;+1/p-1. The minimum absolute atomic E-state index is 0. The van der Waals surface area contributed by atoms with Gasteiger partial charge >= 0.3 is 29.6 Å².